The highest BCUT2D eigenvalue weighted by molar-refractivity contribution is 6.64. The second kappa shape index (κ2) is 7.23. The van der Waals surface area contributed by atoms with Crippen LogP contribution in [0.4, 0.5) is 0 Å². The molecule has 1 atom stereocenters. The Labute approximate surface area is 138 Å². The average molecular weight is 338 g/mol. The van der Waals surface area contributed by atoms with Gasteiger partial charge in [0.25, 0.3) is 5.24 Å². The standard InChI is InChI=1S/C15H16ClN3O4/c1-2-17-8-9-18(15(23)14(17)22)19(10-20)12(13(16)21)11-6-4-3-5-7-11/h3-7,10,12H,2,8-9H2,1H3. The molecule has 0 radical (unpaired) electrons. The number of amides is 3. The van der Waals surface area contributed by atoms with Crippen molar-refractivity contribution in [1.82, 2.24) is 14.9 Å². The Morgan fingerprint density at radius 3 is 2.43 bits per heavy atom. The molecule has 3 amide bonds. The van der Waals surface area contributed by atoms with Crippen LogP contribution >= 0.6 is 11.6 Å². The summed E-state index contributed by atoms with van der Waals surface area (Å²) in [6.07, 6.45) is 0.338. The number of likely N-dealkylation sites (N-methyl/N-ethyl adjacent to an activating group) is 1. The minimum absolute atomic E-state index is 0.116. The first kappa shape index (κ1) is 17.0. The van der Waals surface area contributed by atoms with Gasteiger partial charge in [-0.2, -0.15) is 0 Å². The predicted molar refractivity (Wildman–Crippen MR) is 81.9 cm³/mol. The predicted octanol–water partition coefficient (Wildman–Crippen LogP) is 0.557. The summed E-state index contributed by atoms with van der Waals surface area (Å²) in [6, 6.07) is 7.20. The van der Waals surface area contributed by atoms with Gasteiger partial charge in [0.15, 0.2) is 6.04 Å². The first-order chi connectivity index (χ1) is 11.0. The highest BCUT2D eigenvalue weighted by atomic mass is 35.5. The number of rotatable bonds is 6. The van der Waals surface area contributed by atoms with Crippen LogP contribution in [0.1, 0.15) is 18.5 Å². The van der Waals surface area contributed by atoms with Crippen molar-refractivity contribution in [3.63, 3.8) is 0 Å². The lowest BCUT2D eigenvalue weighted by Gasteiger charge is -2.40. The average Bonchev–Trinajstić information content (AvgIpc) is 2.56. The van der Waals surface area contributed by atoms with Crippen LogP contribution in [0.2, 0.25) is 0 Å². The van der Waals surface area contributed by atoms with Crippen molar-refractivity contribution in [2.45, 2.75) is 13.0 Å². The molecule has 1 unspecified atom stereocenters. The van der Waals surface area contributed by atoms with Crippen LogP contribution in [0.15, 0.2) is 30.3 Å². The monoisotopic (exact) mass is 337 g/mol. The molecule has 7 nitrogen and oxygen atoms in total. The SMILES string of the molecule is CCN1CCN(N(C=O)C(C(=O)Cl)c2ccccc2)C(=O)C1=O. The molecule has 1 aliphatic heterocycles. The second-order valence-electron chi connectivity index (χ2n) is 4.92. The number of nitrogens with zero attached hydrogens (tertiary/aromatic N) is 3. The molecule has 8 heteroatoms. The number of benzene rings is 1. The fraction of sp³-hybridized carbons (Fsp3) is 0.333. The van der Waals surface area contributed by atoms with Crippen molar-refractivity contribution in [3.8, 4) is 0 Å². The number of hydrazine groups is 1. The van der Waals surface area contributed by atoms with Crippen LogP contribution < -0.4 is 0 Å². The summed E-state index contributed by atoms with van der Waals surface area (Å²) in [4.78, 5) is 49.0. The molecule has 122 valence electrons. The van der Waals surface area contributed by atoms with Gasteiger partial charge in [0.2, 0.25) is 6.41 Å². The van der Waals surface area contributed by atoms with Gasteiger partial charge in [-0.05, 0) is 24.1 Å². The number of halogens is 1. The first-order valence-corrected chi connectivity index (χ1v) is 7.47. The van der Waals surface area contributed by atoms with E-state index < -0.39 is 23.1 Å². The van der Waals surface area contributed by atoms with Crippen molar-refractivity contribution in [2.75, 3.05) is 19.6 Å². The second-order valence-corrected chi connectivity index (χ2v) is 5.29. The molecule has 0 N–H and O–H groups in total. The fourth-order valence-electron chi connectivity index (χ4n) is 2.47. The topological polar surface area (TPSA) is 78.0 Å². The number of carbonyl (C=O) groups is 4. The van der Waals surface area contributed by atoms with Gasteiger partial charge in [-0.3, -0.25) is 19.2 Å². The third kappa shape index (κ3) is 3.34. The van der Waals surface area contributed by atoms with E-state index in [0.717, 1.165) is 10.0 Å². The Hall–Kier alpha value is -2.41. The fourth-order valence-corrected chi connectivity index (χ4v) is 2.69. The highest BCUT2D eigenvalue weighted by Gasteiger charge is 2.39. The van der Waals surface area contributed by atoms with Crippen LogP contribution in [0.3, 0.4) is 0 Å². The number of hydrogen-bond donors (Lipinski definition) is 0. The van der Waals surface area contributed by atoms with E-state index in [2.05, 4.69) is 0 Å². The highest BCUT2D eigenvalue weighted by Crippen LogP contribution is 2.25. The van der Waals surface area contributed by atoms with Gasteiger partial charge in [0.05, 0.1) is 6.54 Å². The molecule has 0 aromatic heterocycles. The lowest BCUT2D eigenvalue weighted by atomic mass is 10.1. The summed E-state index contributed by atoms with van der Waals surface area (Å²) in [6.45, 7) is 2.55. The van der Waals surface area contributed by atoms with Gasteiger partial charge in [-0.15, -0.1) is 0 Å². The Kier molecular flexibility index (Phi) is 5.33. The van der Waals surface area contributed by atoms with Gasteiger partial charge in [-0.1, -0.05) is 30.3 Å². The molecular formula is C15H16ClN3O4. The van der Waals surface area contributed by atoms with Crippen LogP contribution in [0.5, 0.6) is 0 Å². The first-order valence-electron chi connectivity index (χ1n) is 7.09. The van der Waals surface area contributed by atoms with E-state index in [-0.39, 0.29) is 13.1 Å². The van der Waals surface area contributed by atoms with E-state index in [1.54, 1.807) is 37.3 Å². The molecule has 1 fully saturated rings. The molecule has 1 saturated heterocycles. The van der Waals surface area contributed by atoms with Gasteiger partial charge in [-0.25, -0.2) is 10.0 Å². The maximum atomic E-state index is 12.2. The van der Waals surface area contributed by atoms with Crippen molar-refractivity contribution in [3.05, 3.63) is 35.9 Å². The Morgan fingerprint density at radius 2 is 1.91 bits per heavy atom. The van der Waals surface area contributed by atoms with Gasteiger partial charge >= 0.3 is 11.8 Å². The molecular weight excluding hydrogens is 322 g/mol. The van der Waals surface area contributed by atoms with E-state index in [4.69, 9.17) is 11.6 Å². The number of piperazine rings is 1. The van der Waals surface area contributed by atoms with E-state index in [1.807, 2.05) is 0 Å². The third-order valence-electron chi connectivity index (χ3n) is 3.65. The third-order valence-corrected chi connectivity index (χ3v) is 3.86. The Balaban J connectivity index is 2.34. The molecule has 1 aliphatic rings. The van der Waals surface area contributed by atoms with E-state index in [1.165, 1.54) is 4.90 Å². The maximum Gasteiger partial charge on any atom is 0.330 e. The largest absolute Gasteiger partial charge is 0.333 e. The van der Waals surface area contributed by atoms with Gasteiger partial charge in [0.1, 0.15) is 0 Å². The summed E-state index contributed by atoms with van der Waals surface area (Å²) in [5, 5.41) is 1.04. The Bertz CT molecular complexity index is 622. The van der Waals surface area contributed by atoms with Gasteiger partial charge < -0.3 is 4.90 Å². The smallest absolute Gasteiger partial charge is 0.330 e. The maximum absolute atomic E-state index is 12.2. The van der Waals surface area contributed by atoms with Crippen LogP contribution in [-0.2, 0) is 19.2 Å². The molecule has 1 aromatic rings. The molecule has 0 spiro atoms. The quantitative estimate of drug-likeness (QED) is 0.431. The summed E-state index contributed by atoms with van der Waals surface area (Å²) >= 11 is 5.64. The lowest BCUT2D eigenvalue weighted by Crippen LogP contribution is -2.60. The summed E-state index contributed by atoms with van der Waals surface area (Å²) in [7, 11) is 0. The molecule has 1 aromatic carbocycles. The van der Waals surface area contributed by atoms with Crippen molar-refractivity contribution < 1.29 is 19.2 Å². The zero-order chi connectivity index (χ0) is 17.0. The van der Waals surface area contributed by atoms with E-state index in [0.29, 0.717) is 18.5 Å². The van der Waals surface area contributed by atoms with Crippen molar-refractivity contribution in [2.24, 2.45) is 0 Å². The molecule has 1 heterocycles. The zero-order valence-corrected chi connectivity index (χ0v) is 13.3. The van der Waals surface area contributed by atoms with Crippen LogP contribution in [0, 0.1) is 0 Å². The lowest BCUT2D eigenvalue weighted by molar-refractivity contribution is -0.176. The molecule has 0 bridgehead atoms. The van der Waals surface area contributed by atoms with Crippen molar-refractivity contribution in [1.29, 1.82) is 0 Å². The van der Waals surface area contributed by atoms with E-state index in [9.17, 15) is 19.2 Å². The Morgan fingerprint density at radius 1 is 1.26 bits per heavy atom. The summed E-state index contributed by atoms with van der Waals surface area (Å²) in [5.41, 5.74) is 0.456. The molecule has 23 heavy (non-hydrogen) atoms. The number of hydrogen-bond acceptors (Lipinski definition) is 4. The summed E-state index contributed by atoms with van der Waals surface area (Å²) in [5.74, 6) is -1.57. The van der Waals surface area contributed by atoms with E-state index >= 15 is 0 Å². The molecule has 0 aliphatic carbocycles. The normalized spacial score (nSPS) is 16.3. The minimum atomic E-state index is -1.17. The van der Waals surface area contributed by atoms with Crippen LogP contribution in [-0.4, -0.2) is 58.0 Å². The minimum Gasteiger partial charge on any atom is -0.333 e. The number of carbonyl (C=O) groups excluding carboxylic acids is 4. The van der Waals surface area contributed by atoms with Gasteiger partial charge in [0, 0.05) is 13.1 Å². The molecule has 2 rings (SSSR count). The van der Waals surface area contributed by atoms with Crippen molar-refractivity contribution >= 4 is 35.1 Å². The van der Waals surface area contributed by atoms with Crippen LogP contribution in [0.25, 0.3) is 0 Å². The summed E-state index contributed by atoms with van der Waals surface area (Å²) < 4.78 is 0. The zero-order valence-electron chi connectivity index (χ0n) is 12.5. The molecule has 0 saturated carbocycles.